The fourth-order valence-electron chi connectivity index (χ4n) is 3.22. The lowest BCUT2D eigenvalue weighted by atomic mass is 10.1. The second-order valence-electron chi connectivity index (χ2n) is 7.70. The van der Waals surface area contributed by atoms with E-state index in [0.29, 0.717) is 11.4 Å². The van der Waals surface area contributed by atoms with E-state index in [1.807, 2.05) is 25.1 Å². The minimum Gasteiger partial charge on any atom is -0.484 e. The van der Waals surface area contributed by atoms with Gasteiger partial charge < -0.3 is 10.1 Å². The Kier molecular flexibility index (Phi) is 8.06. The Balaban J connectivity index is 1.49. The molecule has 0 spiro atoms. The zero-order chi connectivity index (χ0) is 23.8. The fourth-order valence-corrected chi connectivity index (χ4v) is 4.42. The molecule has 0 radical (unpaired) electrons. The zero-order valence-electron chi connectivity index (χ0n) is 18.6. The maximum Gasteiger partial charge on any atom is 0.264 e. The van der Waals surface area contributed by atoms with Gasteiger partial charge in [-0.15, -0.1) is 0 Å². The number of aryl methyl sites for hydroxylation is 1. The molecule has 33 heavy (non-hydrogen) atoms. The number of carbonyl (C=O) groups is 1. The molecule has 6 nitrogen and oxygen atoms in total. The molecule has 0 saturated carbocycles. The topological polar surface area (TPSA) is 75.7 Å². The average molecular weight is 471 g/mol. The van der Waals surface area contributed by atoms with E-state index < -0.39 is 15.8 Å². The largest absolute Gasteiger partial charge is 0.484 e. The number of nitrogens with one attached hydrogen (secondary N) is 1. The highest BCUT2D eigenvalue weighted by atomic mass is 32.2. The summed E-state index contributed by atoms with van der Waals surface area (Å²) >= 11 is 0. The molecule has 3 aromatic carbocycles. The smallest absolute Gasteiger partial charge is 0.264 e. The Morgan fingerprint density at radius 1 is 1.00 bits per heavy atom. The molecule has 174 valence electrons. The molecular weight excluding hydrogens is 443 g/mol. The summed E-state index contributed by atoms with van der Waals surface area (Å²) in [4.78, 5) is 12.2. The van der Waals surface area contributed by atoms with Crippen LogP contribution in [-0.2, 0) is 21.2 Å². The van der Waals surface area contributed by atoms with Crippen LogP contribution >= 0.6 is 0 Å². The normalized spacial score (nSPS) is 12.1. The Morgan fingerprint density at radius 3 is 2.27 bits per heavy atom. The van der Waals surface area contributed by atoms with E-state index in [4.69, 9.17) is 4.74 Å². The third kappa shape index (κ3) is 6.79. The SMILES string of the molecule is C[C@@H](CCc1ccccc1)NC(=O)COc1ccc(N(C)S(=O)(=O)c2ccc(F)cc2)cc1. The Hall–Kier alpha value is -3.39. The number of benzene rings is 3. The van der Waals surface area contributed by atoms with Crippen LogP contribution in [0.5, 0.6) is 5.75 Å². The summed E-state index contributed by atoms with van der Waals surface area (Å²) < 4.78 is 45.2. The third-order valence-electron chi connectivity index (χ3n) is 5.16. The van der Waals surface area contributed by atoms with Crippen LogP contribution in [0.2, 0.25) is 0 Å². The molecule has 1 N–H and O–H groups in total. The van der Waals surface area contributed by atoms with E-state index in [0.717, 1.165) is 29.3 Å². The molecule has 0 bridgehead atoms. The zero-order valence-corrected chi connectivity index (χ0v) is 19.4. The minimum atomic E-state index is -3.82. The quantitative estimate of drug-likeness (QED) is 0.483. The van der Waals surface area contributed by atoms with Gasteiger partial charge in [0.05, 0.1) is 10.6 Å². The van der Waals surface area contributed by atoms with Crippen molar-refractivity contribution in [1.29, 1.82) is 0 Å². The first kappa shape index (κ1) is 24.3. The standard InChI is InChI=1S/C25H27FN2O4S/c1-19(8-9-20-6-4-3-5-7-20)27-25(29)18-32-23-14-12-22(13-15-23)28(2)33(30,31)24-16-10-21(26)11-17-24/h3-7,10-17,19H,8-9,18H2,1-2H3,(H,27,29)/t19-/m0/s1. The molecule has 0 heterocycles. The van der Waals surface area contributed by atoms with E-state index >= 15 is 0 Å². The molecule has 8 heteroatoms. The summed E-state index contributed by atoms with van der Waals surface area (Å²) in [5.74, 6) is -0.290. The molecule has 3 rings (SSSR count). The van der Waals surface area contributed by atoms with Crippen LogP contribution < -0.4 is 14.4 Å². The molecule has 3 aromatic rings. The van der Waals surface area contributed by atoms with Crippen molar-refractivity contribution < 1.29 is 22.3 Å². The number of amides is 1. The van der Waals surface area contributed by atoms with Crippen LogP contribution in [0.15, 0.2) is 83.8 Å². The Morgan fingerprint density at radius 2 is 1.64 bits per heavy atom. The minimum absolute atomic E-state index is 0.00833. The van der Waals surface area contributed by atoms with Gasteiger partial charge >= 0.3 is 0 Å². The molecule has 1 amide bonds. The number of hydrogen-bond donors (Lipinski definition) is 1. The number of hydrogen-bond acceptors (Lipinski definition) is 4. The molecule has 0 aliphatic rings. The number of halogens is 1. The molecule has 0 fully saturated rings. The summed E-state index contributed by atoms with van der Waals surface area (Å²) in [6, 6.07) is 21.1. The van der Waals surface area contributed by atoms with Gasteiger partial charge in [-0.1, -0.05) is 30.3 Å². The summed E-state index contributed by atoms with van der Waals surface area (Å²) in [7, 11) is -2.41. The van der Waals surface area contributed by atoms with Crippen molar-refractivity contribution in [3.63, 3.8) is 0 Å². The highest BCUT2D eigenvalue weighted by Crippen LogP contribution is 2.24. The van der Waals surface area contributed by atoms with E-state index in [1.54, 1.807) is 24.3 Å². The molecule has 0 unspecified atom stereocenters. The Labute approximate surface area is 194 Å². The summed E-state index contributed by atoms with van der Waals surface area (Å²) in [6.45, 7) is 1.81. The molecule has 0 aliphatic carbocycles. The molecular formula is C25H27FN2O4S. The van der Waals surface area contributed by atoms with Crippen LogP contribution in [-0.4, -0.2) is 34.0 Å². The number of nitrogens with zero attached hydrogens (tertiary/aromatic N) is 1. The number of carbonyl (C=O) groups excluding carboxylic acids is 1. The fraction of sp³-hybridized carbons (Fsp3) is 0.240. The summed E-state index contributed by atoms with van der Waals surface area (Å²) in [5, 5.41) is 2.91. The maximum absolute atomic E-state index is 13.1. The van der Waals surface area contributed by atoms with Crippen LogP contribution in [0.4, 0.5) is 10.1 Å². The average Bonchev–Trinajstić information content (AvgIpc) is 2.82. The first-order valence-electron chi connectivity index (χ1n) is 10.6. The lowest BCUT2D eigenvalue weighted by molar-refractivity contribution is -0.123. The second-order valence-corrected chi connectivity index (χ2v) is 9.67. The lowest BCUT2D eigenvalue weighted by Crippen LogP contribution is -2.36. The van der Waals surface area contributed by atoms with E-state index in [1.165, 1.54) is 24.7 Å². The Bertz CT molecular complexity index is 1150. The van der Waals surface area contributed by atoms with Crippen molar-refractivity contribution in [3.8, 4) is 5.75 Å². The van der Waals surface area contributed by atoms with Gasteiger partial charge in [-0.05, 0) is 73.9 Å². The van der Waals surface area contributed by atoms with Gasteiger partial charge in [0.25, 0.3) is 15.9 Å². The van der Waals surface area contributed by atoms with E-state index in [-0.39, 0.29) is 23.5 Å². The van der Waals surface area contributed by atoms with Gasteiger partial charge in [0.2, 0.25) is 0 Å². The maximum atomic E-state index is 13.1. The number of ether oxygens (including phenoxy) is 1. The monoisotopic (exact) mass is 470 g/mol. The second kappa shape index (κ2) is 11.0. The van der Waals surface area contributed by atoms with Crippen molar-refractivity contribution in [2.45, 2.75) is 30.7 Å². The molecule has 0 aromatic heterocycles. The number of anilines is 1. The van der Waals surface area contributed by atoms with E-state index in [9.17, 15) is 17.6 Å². The van der Waals surface area contributed by atoms with E-state index in [2.05, 4.69) is 17.4 Å². The molecule has 1 atom stereocenters. The third-order valence-corrected chi connectivity index (χ3v) is 6.96. The van der Waals surface area contributed by atoms with Crippen molar-refractivity contribution in [2.75, 3.05) is 18.0 Å². The predicted octanol–water partition coefficient (Wildman–Crippen LogP) is 4.17. The van der Waals surface area contributed by atoms with Crippen LogP contribution in [0.3, 0.4) is 0 Å². The molecule has 0 saturated heterocycles. The summed E-state index contributed by atoms with van der Waals surface area (Å²) in [5.41, 5.74) is 1.63. The number of sulfonamides is 1. The van der Waals surface area contributed by atoms with Gasteiger partial charge in [0, 0.05) is 13.1 Å². The highest BCUT2D eigenvalue weighted by molar-refractivity contribution is 7.92. The van der Waals surface area contributed by atoms with Crippen molar-refractivity contribution in [3.05, 3.63) is 90.2 Å². The lowest BCUT2D eigenvalue weighted by Gasteiger charge is -2.20. The van der Waals surface area contributed by atoms with Crippen LogP contribution in [0.25, 0.3) is 0 Å². The van der Waals surface area contributed by atoms with Gasteiger partial charge in [0.1, 0.15) is 11.6 Å². The van der Waals surface area contributed by atoms with Crippen molar-refractivity contribution >= 4 is 21.6 Å². The first-order chi connectivity index (χ1) is 15.8. The highest BCUT2D eigenvalue weighted by Gasteiger charge is 2.21. The molecule has 0 aliphatic heterocycles. The van der Waals surface area contributed by atoms with Crippen LogP contribution in [0, 0.1) is 5.82 Å². The summed E-state index contributed by atoms with van der Waals surface area (Å²) in [6.07, 6.45) is 1.69. The van der Waals surface area contributed by atoms with Gasteiger partial charge in [-0.25, -0.2) is 12.8 Å². The predicted molar refractivity (Wildman–Crippen MR) is 126 cm³/mol. The van der Waals surface area contributed by atoms with Gasteiger partial charge in [-0.3, -0.25) is 9.10 Å². The van der Waals surface area contributed by atoms with Crippen molar-refractivity contribution in [1.82, 2.24) is 5.32 Å². The van der Waals surface area contributed by atoms with Crippen molar-refractivity contribution in [2.24, 2.45) is 0 Å². The van der Waals surface area contributed by atoms with Gasteiger partial charge in [0.15, 0.2) is 6.61 Å². The first-order valence-corrected chi connectivity index (χ1v) is 12.0. The van der Waals surface area contributed by atoms with Crippen LogP contribution in [0.1, 0.15) is 18.9 Å². The van der Waals surface area contributed by atoms with Gasteiger partial charge in [-0.2, -0.15) is 0 Å². The number of rotatable bonds is 10.